The minimum Gasteiger partial charge on any atom is -0.508 e. The molecule has 0 saturated carbocycles. The van der Waals surface area contributed by atoms with E-state index in [-0.39, 0.29) is 30.1 Å². The van der Waals surface area contributed by atoms with E-state index >= 15 is 0 Å². The molecule has 8 rings (SSSR count). The highest BCUT2D eigenvalue weighted by molar-refractivity contribution is 5.85. The van der Waals surface area contributed by atoms with E-state index in [0.717, 1.165) is 56.5 Å². The predicted octanol–water partition coefficient (Wildman–Crippen LogP) is 5.86. The van der Waals surface area contributed by atoms with Crippen LogP contribution in [0.2, 0.25) is 0 Å². The summed E-state index contributed by atoms with van der Waals surface area (Å²) >= 11 is 0. The van der Waals surface area contributed by atoms with Crippen LogP contribution >= 0.6 is 0 Å². The molecule has 0 fully saturated rings. The number of benzene rings is 4. The summed E-state index contributed by atoms with van der Waals surface area (Å²) in [5, 5.41) is 43.6. The molecule has 5 aromatic rings. The van der Waals surface area contributed by atoms with Crippen molar-refractivity contribution in [3.63, 3.8) is 0 Å². The van der Waals surface area contributed by atoms with Crippen LogP contribution in [0.5, 0.6) is 28.7 Å². The molecule has 0 bridgehead atoms. The molecule has 3 aliphatic rings. The maximum atomic E-state index is 11.6. The Bertz CT molecular complexity index is 1950. The fraction of sp³-hybridized carbons (Fsp3) is 0.297. The Kier molecular flexibility index (Phi) is 6.66. The standard InChI is InChI=1S/C37H35NO7/c1-43-33-15-21(3-9-31(33)41)35-32(42)17-29-28-14-22(13-19-2-8-30-20(12-19)10-11-38-30)27-16-23(40)4-6-25(27)34(28)37-26(36(29)45-35)7-5-24(18-39)44-37/h2-4,6,8-12,15-16,22,24,32,35,38-42H,5,7,13-14,17-18H2,1H3. The van der Waals surface area contributed by atoms with E-state index in [1.54, 1.807) is 24.3 Å². The van der Waals surface area contributed by atoms with Gasteiger partial charge in [-0.1, -0.05) is 18.2 Å². The Morgan fingerprint density at radius 2 is 1.80 bits per heavy atom. The summed E-state index contributed by atoms with van der Waals surface area (Å²) in [6, 6.07) is 19.1. The number of fused-ring (bicyclic) bond motifs is 9. The first kappa shape index (κ1) is 27.9. The van der Waals surface area contributed by atoms with Gasteiger partial charge in [0.05, 0.1) is 19.8 Å². The van der Waals surface area contributed by atoms with Gasteiger partial charge in [0.2, 0.25) is 0 Å². The molecule has 4 atom stereocenters. The molecule has 4 unspecified atom stereocenters. The number of ether oxygens (including phenoxy) is 3. The summed E-state index contributed by atoms with van der Waals surface area (Å²) in [5.74, 6) is 2.06. The SMILES string of the molecule is COc1cc(C2Oc3c(c4c(c5c3CCC(CO)O5)-c3ccc(O)cc3C(Cc3ccc5[nH]ccc5c3)C4)CC2O)ccc1O. The Labute approximate surface area is 260 Å². The number of aliphatic hydroxyl groups is 2. The molecule has 0 radical (unpaired) electrons. The minimum atomic E-state index is -0.834. The second kappa shape index (κ2) is 10.8. The summed E-state index contributed by atoms with van der Waals surface area (Å²) in [6.45, 7) is -0.0898. The summed E-state index contributed by atoms with van der Waals surface area (Å²) in [5.41, 5.74) is 9.02. The van der Waals surface area contributed by atoms with Gasteiger partial charge in [-0.2, -0.15) is 0 Å². The molecule has 45 heavy (non-hydrogen) atoms. The Balaban J connectivity index is 1.28. The highest BCUT2D eigenvalue weighted by Crippen LogP contribution is 2.56. The summed E-state index contributed by atoms with van der Waals surface area (Å²) < 4.78 is 18.6. The molecule has 3 heterocycles. The molecule has 4 aromatic carbocycles. The van der Waals surface area contributed by atoms with Crippen LogP contribution in [-0.4, -0.2) is 51.3 Å². The lowest BCUT2D eigenvalue weighted by atomic mass is 9.72. The number of H-pyrrole nitrogens is 1. The van der Waals surface area contributed by atoms with Gasteiger partial charge in [0.25, 0.3) is 0 Å². The van der Waals surface area contributed by atoms with Crippen LogP contribution in [0.1, 0.15) is 51.8 Å². The molecule has 8 nitrogen and oxygen atoms in total. The van der Waals surface area contributed by atoms with Crippen molar-refractivity contribution in [1.29, 1.82) is 0 Å². The van der Waals surface area contributed by atoms with Crippen molar-refractivity contribution >= 4 is 10.9 Å². The molecule has 1 aliphatic carbocycles. The van der Waals surface area contributed by atoms with Crippen LogP contribution in [0.25, 0.3) is 22.0 Å². The van der Waals surface area contributed by atoms with Gasteiger partial charge in [-0.25, -0.2) is 0 Å². The van der Waals surface area contributed by atoms with Crippen molar-refractivity contribution in [2.75, 3.05) is 13.7 Å². The zero-order chi connectivity index (χ0) is 30.8. The van der Waals surface area contributed by atoms with Crippen LogP contribution in [0.15, 0.2) is 66.9 Å². The van der Waals surface area contributed by atoms with Gasteiger partial charge in [0, 0.05) is 34.8 Å². The van der Waals surface area contributed by atoms with Gasteiger partial charge < -0.3 is 39.6 Å². The highest BCUT2D eigenvalue weighted by Gasteiger charge is 2.41. The maximum absolute atomic E-state index is 11.6. The first-order valence-electron chi connectivity index (χ1n) is 15.5. The smallest absolute Gasteiger partial charge is 0.160 e. The Morgan fingerprint density at radius 3 is 2.64 bits per heavy atom. The lowest BCUT2D eigenvalue weighted by Crippen LogP contribution is -2.34. The van der Waals surface area contributed by atoms with Gasteiger partial charge in [-0.05, 0) is 107 Å². The van der Waals surface area contributed by atoms with E-state index in [9.17, 15) is 20.4 Å². The average molecular weight is 606 g/mol. The average Bonchev–Trinajstić information content (AvgIpc) is 3.53. The van der Waals surface area contributed by atoms with Gasteiger partial charge in [-0.3, -0.25) is 0 Å². The molecule has 2 aliphatic heterocycles. The fourth-order valence-corrected chi connectivity index (χ4v) is 7.60. The number of aromatic amines is 1. The fourth-order valence-electron chi connectivity index (χ4n) is 7.60. The zero-order valence-corrected chi connectivity index (χ0v) is 24.9. The van der Waals surface area contributed by atoms with Crippen molar-refractivity contribution in [2.24, 2.45) is 0 Å². The van der Waals surface area contributed by atoms with E-state index in [4.69, 9.17) is 14.2 Å². The first-order valence-corrected chi connectivity index (χ1v) is 15.5. The summed E-state index contributed by atoms with van der Waals surface area (Å²) in [4.78, 5) is 3.26. The van der Waals surface area contributed by atoms with E-state index in [1.807, 2.05) is 18.3 Å². The molecule has 0 spiro atoms. The molecule has 230 valence electrons. The molecular weight excluding hydrogens is 570 g/mol. The van der Waals surface area contributed by atoms with Crippen LogP contribution in [0.3, 0.4) is 0 Å². The lowest BCUT2D eigenvalue weighted by molar-refractivity contribution is 0.0181. The third-order valence-corrected chi connectivity index (χ3v) is 9.75. The molecule has 5 N–H and O–H groups in total. The number of hydrogen-bond acceptors (Lipinski definition) is 7. The molecule has 0 saturated heterocycles. The van der Waals surface area contributed by atoms with E-state index in [0.29, 0.717) is 42.7 Å². The van der Waals surface area contributed by atoms with Gasteiger partial charge >= 0.3 is 0 Å². The third-order valence-electron chi connectivity index (χ3n) is 9.75. The topological polar surface area (TPSA) is 124 Å². The van der Waals surface area contributed by atoms with Crippen molar-refractivity contribution in [3.05, 3.63) is 100 Å². The number of rotatable bonds is 5. The number of aromatic hydroxyl groups is 2. The van der Waals surface area contributed by atoms with Crippen molar-refractivity contribution in [3.8, 4) is 39.9 Å². The van der Waals surface area contributed by atoms with E-state index in [2.05, 4.69) is 29.2 Å². The van der Waals surface area contributed by atoms with Crippen molar-refractivity contribution in [1.82, 2.24) is 4.98 Å². The quantitative estimate of drug-likeness (QED) is 0.170. The number of phenolic OH excluding ortho intramolecular Hbond substituents is 2. The van der Waals surface area contributed by atoms with E-state index < -0.39 is 12.2 Å². The predicted molar refractivity (Wildman–Crippen MR) is 170 cm³/mol. The van der Waals surface area contributed by atoms with Crippen molar-refractivity contribution < 1.29 is 34.6 Å². The molecule has 1 aromatic heterocycles. The van der Waals surface area contributed by atoms with E-state index in [1.165, 1.54) is 12.7 Å². The summed E-state index contributed by atoms with van der Waals surface area (Å²) in [7, 11) is 1.49. The van der Waals surface area contributed by atoms with Crippen LogP contribution in [0, 0.1) is 0 Å². The molecule has 8 heteroatoms. The van der Waals surface area contributed by atoms with Gasteiger partial charge in [0.1, 0.15) is 29.5 Å². The van der Waals surface area contributed by atoms with Crippen molar-refractivity contribution in [2.45, 2.75) is 56.3 Å². The number of aromatic nitrogens is 1. The lowest BCUT2D eigenvalue weighted by Gasteiger charge is -2.40. The monoisotopic (exact) mass is 605 g/mol. The second-order valence-electron chi connectivity index (χ2n) is 12.4. The molecular formula is C37H35NO7. The normalized spacial score (nSPS) is 21.6. The second-order valence-corrected chi connectivity index (χ2v) is 12.4. The van der Waals surface area contributed by atoms with Gasteiger partial charge in [0.15, 0.2) is 11.5 Å². The third kappa shape index (κ3) is 4.59. The first-order chi connectivity index (χ1) is 21.9. The number of aliphatic hydroxyl groups excluding tert-OH is 2. The number of methoxy groups -OCH3 is 1. The number of hydrogen-bond donors (Lipinski definition) is 5. The van der Waals surface area contributed by atoms with Crippen LogP contribution in [-0.2, 0) is 25.7 Å². The summed E-state index contributed by atoms with van der Waals surface area (Å²) in [6.07, 6.45) is 3.24. The Hall–Kier alpha value is -4.66. The largest absolute Gasteiger partial charge is 0.508 e. The number of nitrogens with one attached hydrogen (secondary N) is 1. The Morgan fingerprint density at radius 1 is 0.911 bits per heavy atom. The minimum absolute atomic E-state index is 0.0215. The highest BCUT2D eigenvalue weighted by atomic mass is 16.5. The van der Waals surface area contributed by atoms with Crippen LogP contribution in [0.4, 0.5) is 0 Å². The van der Waals surface area contributed by atoms with Gasteiger partial charge in [-0.15, -0.1) is 0 Å². The van der Waals surface area contributed by atoms with Crippen LogP contribution < -0.4 is 14.2 Å². The molecule has 0 amide bonds. The zero-order valence-electron chi connectivity index (χ0n) is 24.9. The number of phenols is 2. The maximum Gasteiger partial charge on any atom is 0.160 e.